The number of methoxy groups -OCH3 is 1. The van der Waals surface area contributed by atoms with Crippen molar-refractivity contribution in [3.8, 4) is 46.0 Å². The number of hydrogen-bond donors (Lipinski definition) is 8. The summed E-state index contributed by atoms with van der Waals surface area (Å²) in [5.41, 5.74) is 4.50. The number of nitrogens with zero attached hydrogens (tertiary/aromatic N) is 3. The van der Waals surface area contributed by atoms with Crippen LogP contribution < -0.4 is 24.3 Å². The predicted octanol–water partition coefficient (Wildman–Crippen LogP) is 3.79. The van der Waals surface area contributed by atoms with E-state index in [0.717, 1.165) is 84.6 Å². The number of likely N-dealkylation sites (tertiary alicyclic amines) is 3. The third kappa shape index (κ3) is 6.24. The minimum absolute atomic E-state index is 0.00319. The van der Waals surface area contributed by atoms with E-state index in [0.29, 0.717) is 86.8 Å². The van der Waals surface area contributed by atoms with Crippen molar-refractivity contribution in [2.24, 2.45) is 0 Å². The molecular weight excluding hydrogens is 1110 g/mol. The highest BCUT2D eigenvalue weighted by molar-refractivity contribution is 5.99. The summed E-state index contributed by atoms with van der Waals surface area (Å²) in [6.07, 6.45) is 13.0. The van der Waals surface area contributed by atoms with Gasteiger partial charge in [0.15, 0.2) is 87.8 Å². The molecule has 8 bridgehead atoms. The lowest BCUT2D eigenvalue weighted by molar-refractivity contribution is -0.185. The van der Waals surface area contributed by atoms with Crippen molar-refractivity contribution in [1.29, 1.82) is 0 Å². The molecule has 19 heteroatoms. The number of benzene rings is 4. The number of aliphatic hydroxyl groups is 3. The van der Waals surface area contributed by atoms with Crippen LogP contribution in [0.2, 0.25) is 0 Å². The Kier molecular flexibility index (Phi) is 11.0. The second kappa shape index (κ2) is 17.7. The molecule has 20 rings (SSSR count). The lowest BCUT2D eigenvalue weighted by atomic mass is 9.49. The number of likely N-dealkylation sites (N-methyl/N-ethyl adjacent to an activating group) is 3. The minimum atomic E-state index is -1.13. The lowest BCUT2D eigenvalue weighted by Crippen LogP contribution is -2.76. The average molecular weight is 1190 g/mol. The average Bonchev–Trinajstić information content (AvgIpc) is 1.63. The first-order valence-electron chi connectivity index (χ1n) is 31.1. The predicted molar refractivity (Wildman–Crippen MR) is 312 cm³/mol. The Balaban J connectivity index is 0.0000000903. The maximum Gasteiger partial charge on any atom is 0.196 e. The standard InChI is InChI=1S/C18H19NO3.C17H19NO4.C17H17NO4.C16H17NO4/c1-19-8-7-18-11-4-6-14(21-2)17(18)22-16-13(20)5-3-10(15(16)18)9-12(11)19;2*1-18-7-6-16-13-9-2-3-10(19)14(13)22-15(16)11(20)4-5-17(16,21)12(18)8-9;18-9-2-1-8-7-11-16(20)4-3-10(19)14-15(16,5-6-17-11)12(8)13(9)21-14/h3-6,12,17,20H,7-9H2,1-2H3;2-3,12,15,19,21H,4-8H2,1H3;2-5,12,15,19,21H,6-8H2,1H3;1-2,11,14,17-18,20H,3-7H2/t12-,17+,18+;2*12-,15+,16+,17?;11-,14+,15+,16?/m1111/s1. The molecule has 2 saturated carbocycles. The van der Waals surface area contributed by atoms with Crippen LogP contribution >= 0.6 is 0 Å². The number of piperidine rings is 4. The molecule has 4 saturated heterocycles. The highest BCUT2D eigenvalue weighted by Crippen LogP contribution is 2.68. The van der Waals surface area contributed by atoms with Crippen LogP contribution in [0, 0.1) is 0 Å². The number of ether oxygens (including phenoxy) is 5. The van der Waals surface area contributed by atoms with Crippen LogP contribution in [0.3, 0.4) is 0 Å². The van der Waals surface area contributed by atoms with Gasteiger partial charge in [-0.1, -0.05) is 30.3 Å². The van der Waals surface area contributed by atoms with E-state index in [2.05, 4.69) is 39.2 Å². The van der Waals surface area contributed by atoms with Gasteiger partial charge in [0, 0.05) is 59.3 Å². The number of phenolic OH excluding ortho intramolecular Hbond substituents is 4. The first kappa shape index (κ1) is 54.2. The van der Waals surface area contributed by atoms with Gasteiger partial charge in [-0.25, -0.2) is 0 Å². The zero-order chi connectivity index (χ0) is 60.0. The molecule has 8 N–H and O–H groups in total. The number of phenols is 4. The van der Waals surface area contributed by atoms with Gasteiger partial charge < -0.3 is 69.6 Å². The molecule has 0 radical (unpaired) electrons. The quantitative estimate of drug-likeness (QED) is 0.135. The van der Waals surface area contributed by atoms with E-state index in [9.17, 15) is 50.1 Å². The molecule has 4 aromatic carbocycles. The number of carbonyl (C=O) groups is 3. The van der Waals surface area contributed by atoms with Crippen molar-refractivity contribution in [3.63, 3.8) is 0 Å². The third-order valence-electron chi connectivity index (χ3n) is 24.7. The molecule has 15 atom stereocenters. The molecule has 19 nitrogen and oxygen atoms in total. The van der Waals surface area contributed by atoms with Gasteiger partial charge in [0.1, 0.15) is 11.4 Å². The summed E-state index contributed by atoms with van der Waals surface area (Å²) in [5.74, 6) is 3.18. The molecule has 454 valence electrons. The van der Waals surface area contributed by atoms with Crippen LogP contribution in [0.4, 0.5) is 0 Å². The Morgan fingerprint density at radius 1 is 0.529 bits per heavy atom. The van der Waals surface area contributed by atoms with Gasteiger partial charge in [-0.2, -0.15) is 0 Å². The number of nitrogens with one attached hydrogen (secondary N) is 1. The fourth-order valence-corrected chi connectivity index (χ4v) is 20.8. The van der Waals surface area contributed by atoms with Gasteiger partial charge in [0.2, 0.25) is 0 Å². The molecule has 8 heterocycles. The van der Waals surface area contributed by atoms with Crippen molar-refractivity contribution in [3.05, 3.63) is 129 Å². The summed E-state index contributed by atoms with van der Waals surface area (Å²) in [7, 11) is 7.95. The summed E-state index contributed by atoms with van der Waals surface area (Å²) >= 11 is 0. The number of Topliss-reactive ketones (excluding diaryl/α,β-unsaturated/α-hetero) is 2. The molecule has 4 spiro atoms. The van der Waals surface area contributed by atoms with E-state index < -0.39 is 51.4 Å². The topological polar surface area (TPSA) is 261 Å². The van der Waals surface area contributed by atoms with Crippen molar-refractivity contribution < 1.29 is 73.8 Å². The number of ketones is 3. The number of rotatable bonds is 1. The van der Waals surface area contributed by atoms with Crippen LogP contribution in [-0.4, -0.2) is 188 Å². The number of hydrogen-bond acceptors (Lipinski definition) is 19. The first-order chi connectivity index (χ1) is 41.7. The van der Waals surface area contributed by atoms with Gasteiger partial charge in [-0.05, 0) is 182 Å². The Bertz CT molecular complexity index is 3890. The molecule has 3 unspecified atom stereocenters. The zero-order valence-corrected chi connectivity index (χ0v) is 49.1. The minimum Gasteiger partial charge on any atom is -0.504 e. The maximum absolute atomic E-state index is 12.5. The van der Waals surface area contributed by atoms with E-state index in [1.54, 1.807) is 37.5 Å². The number of carbonyl (C=O) groups excluding carboxylic acids is 3. The van der Waals surface area contributed by atoms with Gasteiger partial charge in [-0.3, -0.25) is 24.2 Å². The molecule has 0 amide bonds. The van der Waals surface area contributed by atoms with E-state index >= 15 is 0 Å². The molecule has 16 aliphatic rings. The summed E-state index contributed by atoms with van der Waals surface area (Å²) in [6, 6.07) is 14.7. The van der Waals surface area contributed by atoms with E-state index in [4.69, 9.17) is 23.7 Å². The maximum atomic E-state index is 12.5. The van der Waals surface area contributed by atoms with E-state index in [1.165, 1.54) is 22.8 Å². The van der Waals surface area contributed by atoms with Crippen LogP contribution in [0.5, 0.6) is 46.0 Å². The molecule has 8 aliphatic heterocycles. The van der Waals surface area contributed by atoms with Gasteiger partial charge in [0.05, 0.1) is 40.0 Å². The molecule has 8 aliphatic carbocycles. The van der Waals surface area contributed by atoms with Gasteiger partial charge in [-0.15, -0.1) is 0 Å². The molecule has 4 aromatic rings. The zero-order valence-electron chi connectivity index (χ0n) is 49.1. The molecule has 0 aromatic heterocycles. The molecule has 6 fully saturated rings. The fraction of sp³-hybridized carbons (Fsp3) is 0.515. The highest BCUT2D eigenvalue weighted by Gasteiger charge is 2.75. The van der Waals surface area contributed by atoms with E-state index in [-0.39, 0.29) is 70.0 Å². The highest BCUT2D eigenvalue weighted by atomic mass is 16.5. The van der Waals surface area contributed by atoms with Gasteiger partial charge >= 0.3 is 0 Å². The second-order valence-electron chi connectivity index (χ2n) is 27.7. The number of aromatic hydroxyl groups is 4. The van der Waals surface area contributed by atoms with Crippen LogP contribution in [0.15, 0.2) is 84.2 Å². The van der Waals surface area contributed by atoms with Crippen LogP contribution in [0.25, 0.3) is 0 Å². The summed E-state index contributed by atoms with van der Waals surface area (Å²) in [6.45, 7) is 3.42. The van der Waals surface area contributed by atoms with Crippen molar-refractivity contribution in [2.45, 2.75) is 164 Å². The van der Waals surface area contributed by atoms with Crippen LogP contribution in [-0.2, 0) is 66.5 Å². The van der Waals surface area contributed by atoms with Crippen LogP contribution in [0.1, 0.15) is 95.9 Å². The Hall–Kier alpha value is -6.97. The lowest BCUT2D eigenvalue weighted by Gasteiger charge is -2.61. The van der Waals surface area contributed by atoms with E-state index in [1.807, 2.05) is 38.4 Å². The smallest absolute Gasteiger partial charge is 0.196 e. The first-order valence-corrected chi connectivity index (χ1v) is 31.1. The second-order valence-corrected chi connectivity index (χ2v) is 27.7. The van der Waals surface area contributed by atoms with Gasteiger partial charge in [0.25, 0.3) is 0 Å². The summed E-state index contributed by atoms with van der Waals surface area (Å²) in [5, 5.41) is 78.9. The molecule has 87 heavy (non-hydrogen) atoms. The summed E-state index contributed by atoms with van der Waals surface area (Å²) in [4.78, 5) is 44.2. The largest absolute Gasteiger partial charge is 0.504 e. The molecular formula is C68H72N4O15. The van der Waals surface area contributed by atoms with Crippen molar-refractivity contribution >= 4 is 17.3 Å². The SMILES string of the molecule is CN1CC[C@]23c4c5ccc(O)c4O[C@H]2C(=O)C=CC3(O)[C@H]1C5.CN1CC[C@]23c4c5ccc(O)c4O[C@H]2C(=O)CCC3(O)[C@H]1C5.COC1=CC=C2[C@H]3Cc4ccc(O)c5c4[C@@]2(CCN3C)[C@H]1O5.O=C1CCC2(O)[C@H]3Cc4ccc(O)c5c4[C@@]2(CCN3)[C@H]1O5. The Labute approximate surface area is 502 Å². The van der Waals surface area contributed by atoms with Crippen molar-refractivity contribution in [1.82, 2.24) is 20.0 Å². The fourth-order valence-electron chi connectivity index (χ4n) is 20.8. The Morgan fingerprint density at radius 2 is 1.02 bits per heavy atom. The summed E-state index contributed by atoms with van der Waals surface area (Å²) < 4.78 is 29.6. The van der Waals surface area contributed by atoms with Crippen molar-refractivity contribution in [2.75, 3.05) is 54.4 Å². The number of allylic oxidation sites excluding steroid dienone is 2. The monoisotopic (exact) mass is 1180 g/mol. The normalized spacial score (nSPS) is 40.0. The third-order valence-corrected chi connectivity index (χ3v) is 24.7. The Morgan fingerprint density at radius 3 is 1.64 bits per heavy atom.